The third kappa shape index (κ3) is 5.93. The number of likely N-dealkylation sites (tertiary alicyclic amines) is 1. The third-order valence-corrected chi connectivity index (χ3v) is 7.05. The van der Waals surface area contributed by atoms with Crippen molar-refractivity contribution in [2.45, 2.75) is 32.6 Å². The van der Waals surface area contributed by atoms with Crippen LogP contribution >= 0.6 is 0 Å². The fourth-order valence-corrected chi connectivity index (χ4v) is 4.78. The SMILES string of the molecule is CC[N+]1=CNC(CC2CCN(C(=O)Cc3nc(-c4ccc(F)cc4)cn3-c3ccc(F)cc3)CC2)=NC1. The predicted octanol–water partition coefficient (Wildman–Crippen LogP) is 4.01. The van der Waals surface area contributed by atoms with Crippen molar-refractivity contribution in [3.8, 4) is 16.9 Å². The number of aromatic nitrogens is 2. The second-order valence-electron chi connectivity index (χ2n) is 9.53. The van der Waals surface area contributed by atoms with E-state index in [1.54, 1.807) is 24.3 Å². The Morgan fingerprint density at radius 1 is 1.05 bits per heavy atom. The number of nitrogens with one attached hydrogen (secondary N) is 1. The molecule has 1 N–H and O–H groups in total. The van der Waals surface area contributed by atoms with Gasteiger partial charge in [-0.3, -0.25) is 4.79 Å². The average molecular weight is 506 g/mol. The van der Waals surface area contributed by atoms with E-state index in [1.807, 2.05) is 22.0 Å². The Kier molecular flexibility index (Phi) is 7.39. The highest BCUT2D eigenvalue weighted by atomic mass is 19.1. The number of aliphatic imine (C=N–C) groups is 1. The van der Waals surface area contributed by atoms with Crippen molar-refractivity contribution in [3.63, 3.8) is 0 Å². The van der Waals surface area contributed by atoms with Crippen molar-refractivity contribution < 1.29 is 18.2 Å². The number of carbonyl (C=O) groups excluding carboxylic acids is 1. The van der Waals surface area contributed by atoms with Crippen LogP contribution in [0.2, 0.25) is 0 Å². The van der Waals surface area contributed by atoms with Gasteiger partial charge in [-0.2, -0.15) is 0 Å². The molecule has 7 nitrogen and oxygen atoms in total. The smallest absolute Gasteiger partial charge is 0.239 e. The molecule has 0 unspecified atom stereocenters. The van der Waals surface area contributed by atoms with Gasteiger partial charge in [0.05, 0.1) is 18.7 Å². The van der Waals surface area contributed by atoms with Crippen molar-refractivity contribution >= 4 is 18.1 Å². The molecule has 5 rings (SSSR count). The standard InChI is InChI=1S/C28H30F2N6O/c1-2-34-18-31-26(32-19-34)15-20-11-13-35(14-12-20)28(37)16-27-33-25(21-3-5-22(29)6-4-21)17-36(27)24-9-7-23(30)8-10-24/h3-10,17-18,20H,2,11-16,19H2,1H3/p+1. The first kappa shape index (κ1) is 24.8. The topological polar surface area (TPSA) is 65.5 Å². The lowest BCUT2D eigenvalue weighted by molar-refractivity contribution is -0.520. The van der Waals surface area contributed by atoms with Gasteiger partial charge in [0, 0.05) is 37.0 Å². The summed E-state index contributed by atoms with van der Waals surface area (Å²) in [6, 6.07) is 12.2. The van der Waals surface area contributed by atoms with E-state index in [2.05, 4.69) is 21.8 Å². The van der Waals surface area contributed by atoms with Gasteiger partial charge in [0.15, 0.2) is 12.5 Å². The Morgan fingerprint density at radius 3 is 2.35 bits per heavy atom. The number of benzene rings is 2. The highest BCUT2D eigenvalue weighted by Crippen LogP contribution is 2.25. The normalized spacial score (nSPS) is 16.2. The van der Waals surface area contributed by atoms with Crippen LogP contribution in [-0.4, -0.2) is 63.4 Å². The van der Waals surface area contributed by atoms with Gasteiger partial charge in [0.25, 0.3) is 0 Å². The molecule has 1 fully saturated rings. The number of amides is 1. The number of piperidine rings is 1. The summed E-state index contributed by atoms with van der Waals surface area (Å²) in [7, 11) is 0. The van der Waals surface area contributed by atoms with Crippen molar-refractivity contribution in [1.82, 2.24) is 19.8 Å². The summed E-state index contributed by atoms with van der Waals surface area (Å²) in [5, 5.41) is 3.29. The van der Waals surface area contributed by atoms with Crippen LogP contribution in [-0.2, 0) is 11.2 Å². The van der Waals surface area contributed by atoms with Crippen LogP contribution in [0.25, 0.3) is 16.9 Å². The van der Waals surface area contributed by atoms with E-state index in [1.165, 1.54) is 24.3 Å². The lowest BCUT2D eigenvalue weighted by Crippen LogP contribution is -2.41. The maximum Gasteiger partial charge on any atom is 0.239 e. The zero-order valence-corrected chi connectivity index (χ0v) is 20.9. The fraction of sp³-hybridized carbons (Fsp3) is 0.357. The zero-order chi connectivity index (χ0) is 25.8. The molecule has 0 spiro atoms. The van der Waals surface area contributed by atoms with E-state index < -0.39 is 0 Å². The molecule has 3 heterocycles. The minimum atomic E-state index is -0.335. The first-order valence-electron chi connectivity index (χ1n) is 12.7. The van der Waals surface area contributed by atoms with Crippen LogP contribution in [0.1, 0.15) is 32.0 Å². The molecule has 0 saturated carbocycles. The minimum Gasteiger partial charge on any atom is -0.342 e. The average Bonchev–Trinajstić information content (AvgIpc) is 3.34. The highest BCUT2D eigenvalue weighted by Gasteiger charge is 2.26. The van der Waals surface area contributed by atoms with Gasteiger partial charge in [-0.15, -0.1) is 0 Å². The van der Waals surface area contributed by atoms with Gasteiger partial charge >= 0.3 is 0 Å². The number of hydrogen-bond acceptors (Lipinski definition) is 4. The van der Waals surface area contributed by atoms with Gasteiger partial charge < -0.3 is 9.47 Å². The highest BCUT2D eigenvalue weighted by molar-refractivity contribution is 5.91. The molecule has 1 saturated heterocycles. The van der Waals surface area contributed by atoms with Gasteiger partial charge in [-0.05, 0) is 74.2 Å². The summed E-state index contributed by atoms with van der Waals surface area (Å²) < 4.78 is 30.9. The molecule has 9 heteroatoms. The van der Waals surface area contributed by atoms with E-state index in [4.69, 9.17) is 4.98 Å². The Bertz CT molecular complexity index is 1310. The molecule has 2 aliphatic rings. The molecule has 0 aliphatic carbocycles. The summed E-state index contributed by atoms with van der Waals surface area (Å²) in [4.78, 5) is 24.5. The van der Waals surface area contributed by atoms with E-state index >= 15 is 0 Å². The number of rotatable bonds is 7. The molecule has 192 valence electrons. The first-order chi connectivity index (χ1) is 18.0. The minimum absolute atomic E-state index is 0.0121. The second kappa shape index (κ2) is 11.0. The zero-order valence-electron chi connectivity index (χ0n) is 20.9. The molecule has 0 radical (unpaired) electrons. The monoisotopic (exact) mass is 505 g/mol. The van der Waals surface area contributed by atoms with Crippen LogP contribution in [0.15, 0.2) is 59.7 Å². The molecule has 1 amide bonds. The van der Waals surface area contributed by atoms with E-state index in [0.717, 1.165) is 37.2 Å². The summed E-state index contributed by atoms with van der Waals surface area (Å²) in [6.07, 6.45) is 6.67. The largest absolute Gasteiger partial charge is 0.342 e. The molecule has 0 atom stereocenters. The second-order valence-corrected chi connectivity index (χ2v) is 9.53. The van der Waals surface area contributed by atoms with E-state index in [9.17, 15) is 13.6 Å². The Labute approximate surface area is 215 Å². The number of halogens is 2. The molecular weight excluding hydrogens is 474 g/mol. The van der Waals surface area contributed by atoms with Crippen molar-refractivity contribution in [1.29, 1.82) is 0 Å². The van der Waals surface area contributed by atoms with Gasteiger partial charge in [-0.1, -0.05) is 0 Å². The quantitative estimate of drug-likeness (QED) is 0.494. The molecular formula is C28H31F2N6O+. The molecule has 2 aliphatic heterocycles. The lowest BCUT2D eigenvalue weighted by Gasteiger charge is -2.32. The summed E-state index contributed by atoms with van der Waals surface area (Å²) in [5.74, 6) is 1.42. The molecule has 2 aromatic carbocycles. The fourth-order valence-electron chi connectivity index (χ4n) is 4.78. The predicted molar refractivity (Wildman–Crippen MR) is 139 cm³/mol. The Balaban J connectivity index is 1.26. The van der Waals surface area contributed by atoms with Gasteiger partial charge in [0.1, 0.15) is 17.5 Å². The maximum absolute atomic E-state index is 13.5. The van der Waals surface area contributed by atoms with Crippen molar-refractivity contribution in [2.75, 3.05) is 26.3 Å². The van der Waals surface area contributed by atoms with Gasteiger partial charge in [-0.25, -0.2) is 28.6 Å². The number of nitrogens with zero attached hydrogens (tertiary/aromatic N) is 5. The number of hydrogen-bond donors (Lipinski definition) is 1. The summed E-state index contributed by atoms with van der Waals surface area (Å²) in [5.41, 5.74) is 2.09. The first-order valence-corrected chi connectivity index (χ1v) is 12.7. The third-order valence-electron chi connectivity index (χ3n) is 7.05. The number of imidazole rings is 1. The van der Waals surface area contributed by atoms with Crippen LogP contribution in [0.5, 0.6) is 0 Å². The number of amidine groups is 1. The van der Waals surface area contributed by atoms with Crippen LogP contribution in [0.4, 0.5) is 8.78 Å². The van der Waals surface area contributed by atoms with Crippen LogP contribution in [0.3, 0.4) is 0 Å². The maximum atomic E-state index is 13.5. The van der Waals surface area contributed by atoms with Crippen LogP contribution < -0.4 is 5.32 Å². The molecule has 1 aromatic heterocycles. The Morgan fingerprint density at radius 2 is 1.73 bits per heavy atom. The lowest BCUT2D eigenvalue weighted by atomic mass is 9.92. The molecule has 37 heavy (non-hydrogen) atoms. The Hall–Kier alpha value is -3.88. The number of carbonyl (C=O) groups is 1. The van der Waals surface area contributed by atoms with E-state index in [0.29, 0.717) is 42.9 Å². The summed E-state index contributed by atoms with van der Waals surface area (Å²) in [6.45, 7) is 5.11. The van der Waals surface area contributed by atoms with E-state index in [-0.39, 0.29) is 24.0 Å². The van der Waals surface area contributed by atoms with Crippen molar-refractivity contribution in [3.05, 3.63) is 72.2 Å². The summed E-state index contributed by atoms with van der Waals surface area (Å²) >= 11 is 0. The molecule has 0 bridgehead atoms. The van der Waals surface area contributed by atoms with Crippen molar-refractivity contribution in [2.24, 2.45) is 10.9 Å². The van der Waals surface area contributed by atoms with Gasteiger partial charge in [0.2, 0.25) is 12.2 Å². The van der Waals surface area contributed by atoms with Crippen LogP contribution in [0, 0.1) is 17.6 Å². The molecule has 3 aromatic rings.